The standard InChI is InChI=1S/C16H20N4O/c1-12(9-17)7-8-15(21)20-14-10-18-16(19-11-14)13-5-3-2-4-6-13/h2-6,10-12H,7-9,17H2,1H3,(H,20,21). The second kappa shape index (κ2) is 7.50. The molecule has 2 aromatic rings. The van der Waals surface area contributed by atoms with E-state index >= 15 is 0 Å². The Morgan fingerprint density at radius 3 is 2.52 bits per heavy atom. The van der Waals surface area contributed by atoms with Gasteiger partial charge < -0.3 is 11.1 Å². The van der Waals surface area contributed by atoms with Gasteiger partial charge in [-0.05, 0) is 18.9 Å². The summed E-state index contributed by atoms with van der Waals surface area (Å²) in [6.07, 6.45) is 4.49. The van der Waals surface area contributed by atoms with Crippen molar-refractivity contribution in [1.82, 2.24) is 9.97 Å². The highest BCUT2D eigenvalue weighted by atomic mass is 16.1. The van der Waals surface area contributed by atoms with E-state index in [0.29, 0.717) is 30.4 Å². The number of anilines is 1. The maximum atomic E-state index is 11.8. The topological polar surface area (TPSA) is 80.9 Å². The predicted molar refractivity (Wildman–Crippen MR) is 83.6 cm³/mol. The Morgan fingerprint density at radius 2 is 1.90 bits per heavy atom. The number of amides is 1. The van der Waals surface area contributed by atoms with E-state index < -0.39 is 0 Å². The second-order valence-electron chi connectivity index (χ2n) is 5.09. The normalized spacial score (nSPS) is 11.9. The van der Waals surface area contributed by atoms with Crippen LogP contribution >= 0.6 is 0 Å². The van der Waals surface area contributed by atoms with Crippen molar-refractivity contribution >= 4 is 11.6 Å². The number of hydrogen-bond acceptors (Lipinski definition) is 4. The fraction of sp³-hybridized carbons (Fsp3) is 0.312. The van der Waals surface area contributed by atoms with Gasteiger partial charge in [-0.15, -0.1) is 0 Å². The molecule has 0 aliphatic heterocycles. The number of carbonyl (C=O) groups excluding carboxylic acids is 1. The lowest BCUT2D eigenvalue weighted by Crippen LogP contribution is -2.16. The van der Waals surface area contributed by atoms with Gasteiger partial charge in [0.15, 0.2) is 5.82 Å². The Hall–Kier alpha value is -2.27. The number of aromatic nitrogens is 2. The fourth-order valence-corrected chi connectivity index (χ4v) is 1.85. The molecule has 0 spiro atoms. The van der Waals surface area contributed by atoms with Crippen LogP contribution in [-0.4, -0.2) is 22.4 Å². The van der Waals surface area contributed by atoms with Crippen molar-refractivity contribution in [2.24, 2.45) is 11.7 Å². The van der Waals surface area contributed by atoms with Crippen LogP contribution in [0.3, 0.4) is 0 Å². The van der Waals surface area contributed by atoms with E-state index in [1.165, 1.54) is 0 Å². The van der Waals surface area contributed by atoms with Crippen LogP contribution in [0.15, 0.2) is 42.7 Å². The van der Waals surface area contributed by atoms with Crippen LogP contribution < -0.4 is 11.1 Å². The van der Waals surface area contributed by atoms with Crippen molar-refractivity contribution in [3.63, 3.8) is 0 Å². The molecule has 5 nitrogen and oxygen atoms in total. The summed E-state index contributed by atoms with van der Waals surface area (Å²) >= 11 is 0. The van der Waals surface area contributed by atoms with E-state index in [1.807, 2.05) is 37.3 Å². The molecule has 0 aliphatic rings. The number of nitrogens with one attached hydrogen (secondary N) is 1. The van der Waals surface area contributed by atoms with Gasteiger partial charge in [0.1, 0.15) is 0 Å². The maximum absolute atomic E-state index is 11.8. The van der Waals surface area contributed by atoms with Gasteiger partial charge in [0.2, 0.25) is 5.91 Å². The summed E-state index contributed by atoms with van der Waals surface area (Å²) < 4.78 is 0. The number of nitrogens with zero attached hydrogens (tertiary/aromatic N) is 2. The van der Waals surface area contributed by atoms with E-state index in [2.05, 4.69) is 15.3 Å². The first-order chi connectivity index (χ1) is 10.2. The first kappa shape index (κ1) is 15.1. The van der Waals surface area contributed by atoms with Gasteiger partial charge in [0.25, 0.3) is 0 Å². The third-order valence-corrected chi connectivity index (χ3v) is 3.23. The van der Waals surface area contributed by atoms with Gasteiger partial charge in [-0.3, -0.25) is 4.79 Å². The van der Waals surface area contributed by atoms with E-state index in [0.717, 1.165) is 12.0 Å². The Bertz CT molecular complexity index is 569. The first-order valence-electron chi connectivity index (χ1n) is 7.06. The lowest BCUT2D eigenvalue weighted by molar-refractivity contribution is -0.116. The number of hydrogen-bond donors (Lipinski definition) is 2. The summed E-state index contributed by atoms with van der Waals surface area (Å²) in [4.78, 5) is 20.3. The quantitative estimate of drug-likeness (QED) is 0.853. The lowest BCUT2D eigenvalue weighted by Gasteiger charge is -2.08. The van der Waals surface area contributed by atoms with Crippen LogP contribution in [0.5, 0.6) is 0 Å². The maximum Gasteiger partial charge on any atom is 0.224 e. The van der Waals surface area contributed by atoms with Crippen molar-refractivity contribution in [1.29, 1.82) is 0 Å². The Morgan fingerprint density at radius 1 is 1.24 bits per heavy atom. The molecule has 0 bridgehead atoms. The van der Waals surface area contributed by atoms with Crippen molar-refractivity contribution in [2.75, 3.05) is 11.9 Å². The van der Waals surface area contributed by atoms with Gasteiger partial charge >= 0.3 is 0 Å². The highest BCUT2D eigenvalue weighted by molar-refractivity contribution is 5.90. The largest absolute Gasteiger partial charge is 0.330 e. The Labute approximate surface area is 124 Å². The van der Waals surface area contributed by atoms with Crippen LogP contribution in [-0.2, 0) is 4.79 Å². The second-order valence-corrected chi connectivity index (χ2v) is 5.09. The molecule has 21 heavy (non-hydrogen) atoms. The van der Waals surface area contributed by atoms with Crippen molar-refractivity contribution in [3.8, 4) is 11.4 Å². The lowest BCUT2D eigenvalue weighted by atomic mass is 10.1. The van der Waals surface area contributed by atoms with Gasteiger partial charge in [-0.25, -0.2) is 9.97 Å². The van der Waals surface area contributed by atoms with Crippen LogP contribution in [0.1, 0.15) is 19.8 Å². The fourth-order valence-electron chi connectivity index (χ4n) is 1.85. The average Bonchev–Trinajstić information content (AvgIpc) is 2.54. The van der Waals surface area contributed by atoms with Crippen LogP contribution in [0.25, 0.3) is 11.4 Å². The third kappa shape index (κ3) is 4.65. The number of carbonyl (C=O) groups is 1. The van der Waals surface area contributed by atoms with Gasteiger partial charge in [0.05, 0.1) is 18.1 Å². The summed E-state index contributed by atoms with van der Waals surface area (Å²) in [6, 6.07) is 9.71. The molecular formula is C16H20N4O. The Kier molecular flexibility index (Phi) is 5.40. The van der Waals surface area contributed by atoms with E-state index in [1.54, 1.807) is 12.4 Å². The number of benzene rings is 1. The summed E-state index contributed by atoms with van der Waals surface area (Å²) in [5.74, 6) is 0.962. The summed E-state index contributed by atoms with van der Waals surface area (Å²) in [5, 5.41) is 2.80. The molecule has 1 heterocycles. The van der Waals surface area contributed by atoms with Crippen LogP contribution in [0.2, 0.25) is 0 Å². The van der Waals surface area contributed by atoms with Gasteiger partial charge in [0, 0.05) is 12.0 Å². The molecule has 1 aromatic carbocycles. The number of nitrogens with two attached hydrogens (primary N) is 1. The van der Waals surface area contributed by atoms with E-state index in [-0.39, 0.29) is 5.91 Å². The zero-order chi connectivity index (χ0) is 15.1. The van der Waals surface area contributed by atoms with Crippen molar-refractivity contribution in [2.45, 2.75) is 19.8 Å². The molecule has 1 atom stereocenters. The molecule has 0 saturated carbocycles. The van der Waals surface area contributed by atoms with Crippen LogP contribution in [0, 0.1) is 5.92 Å². The number of rotatable bonds is 6. The smallest absolute Gasteiger partial charge is 0.224 e. The van der Waals surface area contributed by atoms with Crippen molar-refractivity contribution < 1.29 is 4.79 Å². The molecule has 0 aliphatic carbocycles. The van der Waals surface area contributed by atoms with Gasteiger partial charge in [-0.2, -0.15) is 0 Å². The SMILES string of the molecule is CC(CN)CCC(=O)Nc1cnc(-c2ccccc2)nc1. The zero-order valence-corrected chi connectivity index (χ0v) is 12.1. The summed E-state index contributed by atoms with van der Waals surface area (Å²) in [6.45, 7) is 2.63. The summed E-state index contributed by atoms with van der Waals surface area (Å²) in [7, 11) is 0. The molecule has 2 rings (SSSR count). The minimum Gasteiger partial charge on any atom is -0.330 e. The molecule has 1 unspecified atom stereocenters. The molecule has 0 fully saturated rings. The highest BCUT2D eigenvalue weighted by Crippen LogP contribution is 2.15. The molecule has 3 N–H and O–H groups in total. The van der Waals surface area contributed by atoms with E-state index in [4.69, 9.17) is 5.73 Å². The van der Waals surface area contributed by atoms with Crippen molar-refractivity contribution in [3.05, 3.63) is 42.7 Å². The molecule has 1 aromatic heterocycles. The highest BCUT2D eigenvalue weighted by Gasteiger charge is 2.07. The molecule has 0 saturated heterocycles. The molecule has 5 heteroatoms. The van der Waals surface area contributed by atoms with Gasteiger partial charge in [-0.1, -0.05) is 37.3 Å². The van der Waals surface area contributed by atoms with E-state index in [9.17, 15) is 4.79 Å². The summed E-state index contributed by atoms with van der Waals surface area (Å²) in [5.41, 5.74) is 7.09. The predicted octanol–water partition coefficient (Wildman–Crippen LogP) is 2.46. The Balaban J connectivity index is 1.92. The minimum absolute atomic E-state index is 0.0358. The third-order valence-electron chi connectivity index (χ3n) is 3.23. The monoisotopic (exact) mass is 284 g/mol. The molecular weight excluding hydrogens is 264 g/mol. The molecule has 1 amide bonds. The zero-order valence-electron chi connectivity index (χ0n) is 12.1. The molecule has 0 radical (unpaired) electrons. The minimum atomic E-state index is -0.0358. The first-order valence-corrected chi connectivity index (χ1v) is 7.06. The average molecular weight is 284 g/mol. The van der Waals surface area contributed by atoms with Crippen LogP contribution in [0.4, 0.5) is 5.69 Å². The molecule has 110 valence electrons.